The van der Waals surface area contributed by atoms with Crippen LogP contribution in [0.5, 0.6) is 0 Å². The van der Waals surface area contributed by atoms with Crippen LogP contribution in [0.15, 0.2) is 24.3 Å². The summed E-state index contributed by atoms with van der Waals surface area (Å²) in [5, 5.41) is 0. The lowest BCUT2D eigenvalue weighted by Gasteiger charge is -2.24. The second kappa shape index (κ2) is 4.22. The van der Waals surface area contributed by atoms with E-state index in [1.165, 1.54) is 3.57 Å². The average molecular weight is 316 g/mol. The monoisotopic (exact) mass is 316 g/mol. The molecule has 3 heteroatoms. The molecule has 2 unspecified atom stereocenters. The number of carbonyl (C=O) groups excluding carboxylic acids is 1. The molecule has 15 heavy (non-hydrogen) atoms. The van der Waals surface area contributed by atoms with E-state index in [1.54, 1.807) is 0 Å². The van der Waals surface area contributed by atoms with Crippen molar-refractivity contribution >= 4 is 28.9 Å². The molecule has 1 aliphatic rings. The molecule has 1 heterocycles. The van der Waals surface area contributed by atoms with Crippen molar-refractivity contribution < 1.29 is 9.53 Å². The Morgan fingerprint density at radius 3 is 2.67 bits per heavy atom. The number of aldehydes is 1. The number of benzene rings is 1. The number of halogens is 1. The van der Waals surface area contributed by atoms with Crippen LogP contribution < -0.4 is 0 Å². The van der Waals surface area contributed by atoms with Gasteiger partial charge < -0.3 is 9.53 Å². The van der Waals surface area contributed by atoms with Crippen molar-refractivity contribution in [3.63, 3.8) is 0 Å². The van der Waals surface area contributed by atoms with E-state index in [-0.39, 0.29) is 11.7 Å². The molecule has 2 rings (SSSR count). The molecular weight excluding hydrogens is 303 g/mol. The molecule has 2 nitrogen and oxygen atoms in total. The highest BCUT2D eigenvalue weighted by Crippen LogP contribution is 2.38. The zero-order chi connectivity index (χ0) is 10.9. The van der Waals surface area contributed by atoms with Crippen molar-refractivity contribution in [2.75, 3.05) is 0 Å². The second-order valence-electron chi connectivity index (χ2n) is 4.07. The third-order valence-electron chi connectivity index (χ3n) is 2.92. The van der Waals surface area contributed by atoms with Gasteiger partial charge in [-0.2, -0.15) is 0 Å². The second-order valence-corrected chi connectivity index (χ2v) is 5.31. The van der Waals surface area contributed by atoms with Crippen LogP contribution in [-0.4, -0.2) is 12.4 Å². The van der Waals surface area contributed by atoms with Crippen LogP contribution in [0.4, 0.5) is 0 Å². The van der Waals surface area contributed by atoms with Crippen molar-refractivity contribution in [1.82, 2.24) is 0 Å². The van der Waals surface area contributed by atoms with Gasteiger partial charge in [-0.25, -0.2) is 0 Å². The van der Waals surface area contributed by atoms with E-state index in [9.17, 15) is 4.79 Å². The summed E-state index contributed by atoms with van der Waals surface area (Å²) < 4.78 is 6.97. The lowest BCUT2D eigenvalue weighted by Crippen LogP contribution is -2.22. The molecule has 1 aliphatic heterocycles. The van der Waals surface area contributed by atoms with Crippen molar-refractivity contribution in [2.45, 2.75) is 31.5 Å². The average Bonchev–Trinajstić information content (AvgIpc) is 2.62. The van der Waals surface area contributed by atoms with Crippen molar-refractivity contribution in [2.24, 2.45) is 0 Å². The van der Waals surface area contributed by atoms with Crippen LogP contribution in [0.3, 0.4) is 0 Å². The van der Waals surface area contributed by atoms with Gasteiger partial charge in [0.1, 0.15) is 12.4 Å². The van der Waals surface area contributed by atoms with Crippen LogP contribution in [-0.2, 0) is 15.1 Å². The predicted octanol–water partition coefficient (Wildman–Crippen LogP) is 2.88. The van der Waals surface area contributed by atoms with E-state index >= 15 is 0 Å². The first kappa shape index (κ1) is 11.1. The van der Waals surface area contributed by atoms with E-state index < -0.39 is 0 Å². The molecule has 2 atom stereocenters. The standard InChI is InChI=1S/C12H13IO2/c1-12(7-6-11(8-14)15-12)9-2-4-10(13)5-3-9/h2-5,8,11H,6-7H2,1H3. The molecular formula is C12H13IO2. The molecule has 0 radical (unpaired) electrons. The maximum atomic E-state index is 10.7. The molecule has 80 valence electrons. The Morgan fingerprint density at radius 1 is 1.47 bits per heavy atom. The van der Waals surface area contributed by atoms with Gasteiger partial charge in [-0.3, -0.25) is 0 Å². The molecule has 1 aromatic carbocycles. The number of hydrogen-bond donors (Lipinski definition) is 0. The Balaban J connectivity index is 2.23. The maximum absolute atomic E-state index is 10.7. The number of ether oxygens (including phenoxy) is 1. The van der Waals surface area contributed by atoms with Gasteiger partial charge in [-0.15, -0.1) is 0 Å². The molecule has 1 saturated heterocycles. The Labute approximate surface area is 103 Å². The van der Waals surface area contributed by atoms with Crippen LogP contribution in [0.1, 0.15) is 25.3 Å². The minimum atomic E-state index is -0.282. The summed E-state index contributed by atoms with van der Waals surface area (Å²) >= 11 is 2.28. The molecule has 0 spiro atoms. The van der Waals surface area contributed by atoms with Crippen molar-refractivity contribution in [1.29, 1.82) is 0 Å². The fourth-order valence-corrected chi connectivity index (χ4v) is 2.34. The van der Waals surface area contributed by atoms with Crippen LogP contribution in [0.25, 0.3) is 0 Å². The van der Waals surface area contributed by atoms with E-state index in [2.05, 4.69) is 53.8 Å². The summed E-state index contributed by atoms with van der Waals surface area (Å²) in [6.45, 7) is 2.05. The molecule has 0 aliphatic carbocycles. The van der Waals surface area contributed by atoms with Crippen molar-refractivity contribution in [3.05, 3.63) is 33.4 Å². The number of hydrogen-bond acceptors (Lipinski definition) is 2. The van der Waals surface area contributed by atoms with Crippen molar-refractivity contribution in [3.8, 4) is 0 Å². The minimum absolute atomic E-state index is 0.228. The summed E-state index contributed by atoms with van der Waals surface area (Å²) in [4.78, 5) is 10.7. The fourth-order valence-electron chi connectivity index (χ4n) is 1.98. The summed E-state index contributed by atoms with van der Waals surface area (Å²) in [5.74, 6) is 0. The SMILES string of the molecule is CC1(c2ccc(I)cc2)CCC(C=O)O1. The molecule has 0 bridgehead atoms. The Kier molecular flexibility index (Phi) is 3.11. The smallest absolute Gasteiger partial charge is 0.148 e. The first-order valence-electron chi connectivity index (χ1n) is 5.03. The lowest BCUT2D eigenvalue weighted by atomic mass is 9.93. The summed E-state index contributed by atoms with van der Waals surface area (Å²) in [7, 11) is 0. The van der Waals surface area contributed by atoms with E-state index in [0.717, 1.165) is 24.7 Å². The quantitative estimate of drug-likeness (QED) is 0.619. The third-order valence-corrected chi connectivity index (χ3v) is 3.64. The molecule has 0 amide bonds. The molecule has 1 aromatic rings. The van der Waals surface area contributed by atoms with Crippen LogP contribution >= 0.6 is 22.6 Å². The lowest BCUT2D eigenvalue weighted by molar-refractivity contribution is -0.122. The molecule has 0 saturated carbocycles. The highest BCUT2D eigenvalue weighted by molar-refractivity contribution is 14.1. The maximum Gasteiger partial charge on any atom is 0.148 e. The highest BCUT2D eigenvalue weighted by atomic mass is 127. The Morgan fingerprint density at radius 2 is 2.13 bits per heavy atom. The summed E-state index contributed by atoms with van der Waals surface area (Å²) in [6, 6.07) is 8.29. The van der Waals surface area contributed by atoms with Gasteiger partial charge in [0, 0.05) is 3.57 Å². The van der Waals surface area contributed by atoms with Gasteiger partial charge in [0.2, 0.25) is 0 Å². The topological polar surface area (TPSA) is 26.3 Å². The highest BCUT2D eigenvalue weighted by Gasteiger charge is 2.37. The summed E-state index contributed by atoms with van der Waals surface area (Å²) in [5.41, 5.74) is 0.878. The Bertz CT molecular complexity index is 360. The first-order chi connectivity index (χ1) is 7.14. The zero-order valence-corrected chi connectivity index (χ0v) is 10.7. The summed E-state index contributed by atoms with van der Waals surface area (Å²) in [6.07, 6.45) is 2.41. The van der Waals surface area contributed by atoms with Gasteiger partial charge in [-0.1, -0.05) is 12.1 Å². The molecule has 0 aromatic heterocycles. The number of carbonyl (C=O) groups is 1. The van der Waals surface area contributed by atoms with Gasteiger partial charge in [0.05, 0.1) is 5.60 Å². The van der Waals surface area contributed by atoms with Gasteiger partial charge >= 0.3 is 0 Å². The fraction of sp³-hybridized carbons (Fsp3) is 0.417. The molecule has 1 fully saturated rings. The normalized spacial score (nSPS) is 30.4. The van der Waals surface area contributed by atoms with Gasteiger partial charge in [-0.05, 0) is 60.1 Å². The Hall–Kier alpha value is -0.420. The third kappa shape index (κ3) is 2.23. The van der Waals surface area contributed by atoms with Crippen LogP contribution in [0.2, 0.25) is 0 Å². The van der Waals surface area contributed by atoms with E-state index in [4.69, 9.17) is 4.74 Å². The van der Waals surface area contributed by atoms with Gasteiger partial charge in [0.15, 0.2) is 0 Å². The largest absolute Gasteiger partial charge is 0.360 e. The van der Waals surface area contributed by atoms with E-state index in [0.29, 0.717) is 0 Å². The minimum Gasteiger partial charge on any atom is -0.360 e. The van der Waals surface area contributed by atoms with Crippen LogP contribution in [0, 0.1) is 3.57 Å². The predicted molar refractivity (Wildman–Crippen MR) is 66.7 cm³/mol. The zero-order valence-electron chi connectivity index (χ0n) is 8.57. The van der Waals surface area contributed by atoms with Gasteiger partial charge in [0.25, 0.3) is 0 Å². The molecule has 0 N–H and O–H groups in total. The van der Waals surface area contributed by atoms with E-state index in [1.807, 2.05) is 0 Å². The first-order valence-corrected chi connectivity index (χ1v) is 6.11. The number of rotatable bonds is 2.